The minimum Gasteiger partial charge on any atom is -0.491 e. The minimum atomic E-state index is -1.03. The Morgan fingerprint density at radius 2 is 1.91 bits per heavy atom. The van der Waals surface area contributed by atoms with Crippen molar-refractivity contribution in [2.75, 3.05) is 11.9 Å². The number of aromatic carboxylic acids is 1. The van der Waals surface area contributed by atoms with Crippen LogP contribution in [0.3, 0.4) is 0 Å². The lowest BCUT2D eigenvalue weighted by molar-refractivity contribution is 0.0702. The first-order valence-electron chi connectivity index (χ1n) is 6.98. The van der Waals surface area contributed by atoms with Gasteiger partial charge in [0.15, 0.2) is 0 Å². The average molecular weight is 319 g/mol. The summed E-state index contributed by atoms with van der Waals surface area (Å²) >= 11 is 0.943. The normalized spacial score (nSPS) is 10.2. The number of amides is 1. The first-order valence-corrected chi connectivity index (χ1v) is 7.79. The van der Waals surface area contributed by atoms with Crippen molar-refractivity contribution >= 4 is 28.9 Å². The van der Waals surface area contributed by atoms with Crippen molar-refractivity contribution in [3.63, 3.8) is 0 Å². The van der Waals surface area contributed by atoms with Crippen LogP contribution in [0.4, 0.5) is 5.69 Å². The third-order valence-corrected chi connectivity index (χ3v) is 4.00. The largest absolute Gasteiger partial charge is 0.491 e. The zero-order valence-electron chi connectivity index (χ0n) is 12.2. The van der Waals surface area contributed by atoms with Crippen LogP contribution in [0.1, 0.15) is 39.1 Å². The molecule has 0 aliphatic carbocycles. The molecule has 1 heterocycles. The number of unbranched alkanes of at least 4 members (excludes halogenated alkanes) is 1. The number of benzene rings is 1. The van der Waals surface area contributed by atoms with E-state index in [0.717, 1.165) is 24.2 Å². The Hall–Kier alpha value is -2.34. The van der Waals surface area contributed by atoms with Gasteiger partial charge in [0.25, 0.3) is 5.91 Å². The average Bonchev–Trinajstić information content (AvgIpc) is 2.99. The molecule has 0 saturated carbocycles. The first kappa shape index (κ1) is 16.0. The van der Waals surface area contributed by atoms with E-state index in [9.17, 15) is 9.59 Å². The number of nitrogens with one attached hydrogen (secondary N) is 1. The number of thiophene rings is 1. The Morgan fingerprint density at radius 3 is 2.59 bits per heavy atom. The Morgan fingerprint density at radius 1 is 1.18 bits per heavy atom. The predicted octanol–water partition coefficient (Wildman–Crippen LogP) is 3.88. The molecule has 0 radical (unpaired) electrons. The molecule has 6 heteroatoms. The Labute approximate surface area is 132 Å². The molecule has 0 aliphatic heterocycles. The van der Waals surface area contributed by atoms with E-state index >= 15 is 0 Å². The molecule has 0 saturated heterocycles. The highest BCUT2D eigenvalue weighted by Crippen LogP contribution is 2.26. The molecule has 5 nitrogen and oxygen atoms in total. The molecule has 1 aromatic carbocycles. The molecule has 0 aliphatic rings. The number of carbonyl (C=O) groups excluding carboxylic acids is 1. The monoisotopic (exact) mass is 319 g/mol. The first-order chi connectivity index (χ1) is 10.6. The van der Waals surface area contributed by atoms with Gasteiger partial charge in [0.2, 0.25) is 0 Å². The zero-order chi connectivity index (χ0) is 15.9. The summed E-state index contributed by atoms with van der Waals surface area (Å²) in [6.45, 7) is 2.67. The fourth-order valence-corrected chi connectivity index (χ4v) is 2.52. The molecule has 22 heavy (non-hydrogen) atoms. The van der Waals surface area contributed by atoms with Crippen LogP contribution in [0.5, 0.6) is 5.75 Å². The lowest BCUT2D eigenvalue weighted by Crippen LogP contribution is -2.11. The van der Waals surface area contributed by atoms with Crippen molar-refractivity contribution in [2.45, 2.75) is 19.8 Å². The number of rotatable bonds is 7. The summed E-state index contributed by atoms with van der Waals surface area (Å²) in [7, 11) is 0. The van der Waals surface area contributed by atoms with Gasteiger partial charge in [0, 0.05) is 0 Å². The maximum atomic E-state index is 12.2. The Kier molecular flexibility index (Phi) is 5.55. The van der Waals surface area contributed by atoms with Crippen LogP contribution in [-0.2, 0) is 0 Å². The lowest BCUT2D eigenvalue weighted by atomic mass is 10.2. The lowest BCUT2D eigenvalue weighted by Gasteiger charge is -2.11. The van der Waals surface area contributed by atoms with Gasteiger partial charge in [-0.15, -0.1) is 11.3 Å². The van der Waals surface area contributed by atoms with Crippen LogP contribution >= 0.6 is 11.3 Å². The van der Waals surface area contributed by atoms with E-state index in [2.05, 4.69) is 12.2 Å². The third-order valence-electron chi connectivity index (χ3n) is 2.93. The summed E-state index contributed by atoms with van der Waals surface area (Å²) in [5, 5.41) is 11.7. The second-order valence-electron chi connectivity index (χ2n) is 4.62. The summed E-state index contributed by atoms with van der Waals surface area (Å²) in [5.41, 5.74) is 0.578. The number of hydrogen-bond acceptors (Lipinski definition) is 4. The molecule has 2 N–H and O–H groups in total. The second kappa shape index (κ2) is 7.61. The van der Waals surface area contributed by atoms with Crippen molar-refractivity contribution < 1.29 is 19.4 Å². The Balaban J connectivity index is 2.08. The molecule has 0 spiro atoms. The summed E-state index contributed by atoms with van der Waals surface area (Å²) in [5.74, 6) is -0.768. The van der Waals surface area contributed by atoms with Gasteiger partial charge in [-0.3, -0.25) is 4.79 Å². The van der Waals surface area contributed by atoms with Gasteiger partial charge in [-0.25, -0.2) is 4.79 Å². The van der Waals surface area contributed by atoms with Gasteiger partial charge in [-0.05, 0) is 30.7 Å². The van der Waals surface area contributed by atoms with Gasteiger partial charge in [0.05, 0.1) is 17.2 Å². The fraction of sp³-hybridized carbons (Fsp3) is 0.250. The number of hydrogen-bond donors (Lipinski definition) is 2. The minimum absolute atomic E-state index is 0.137. The molecule has 2 rings (SSSR count). The summed E-state index contributed by atoms with van der Waals surface area (Å²) in [4.78, 5) is 23.5. The van der Waals surface area contributed by atoms with Crippen LogP contribution in [-0.4, -0.2) is 23.6 Å². The molecule has 0 fully saturated rings. The van der Waals surface area contributed by atoms with E-state index in [-0.39, 0.29) is 10.8 Å². The number of ether oxygens (including phenoxy) is 1. The smallest absolute Gasteiger partial charge is 0.345 e. The molecule has 1 aromatic heterocycles. The SMILES string of the molecule is CCCCOc1ccccc1NC(=O)c1ccc(C(=O)O)s1. The molecular formula is C16H17NO4S. The quantitative estimate of drug-likeness (QED) is 0.759. The van der Waals surface area contributed by atoms with Crippen LogP contribution in [0, 0.1) is 0 Å². The maximum Gasteiger partial charge on any atom is 0.345 e. The zero-order valence-corrected chi connectivity index (χ0v) is 13.0. The van der Waals surface area contributed by atoms with Crippen LogP contribution in [0.2, 0.25) is 0 Å². The van der Waals surface area contributed by atoms with Gasteiger partial charge in [-0.1, -0.05) is 25.5 Å². The van der Waals surface area contributed by atoms with Gasteiger partial charge in [0.1, 0.15) is 10.6 Å². The molecule has 116 valence electrons. The predicted molar refractivity (Wildman–Crippen MR) is 86.1 cm³/mol. The van der Waals surface area contributed by atoms with Crippen LogP contribution < -0.4 is 10.1 Å². The van der Waals surface area contributed by atoms with Crippen LogP contribution in [0.15, 0.2) is 36.4 Å². The number of carboxylic acids is 1. The highest BCUT2D eigenvalue weighted by Gasteiger charge is 2.14. The highest BCUT2D eigenvalue weighted by atomic mass is 32.1. The summed E-state index contributed by atoms with van der Waals surface area (Å²) in [6.07, 6.45) is 1.97. The number of carbonyl (C=O) groups is 2. The summed E-state index contributed by atoms with van der Waals surface area (Å²) in [6, 6.07) is 10.1. The van der Waals surface area contributed by atoms with E-state index in [1.807, 2.05) is 6.07 Å². The molecular weight excluding hydrogens is 302 g/mol. The maximum absolute atomic E-state index is 12.2. The van der Waals surface area contributed by atoms with Crippen molar-refractivity contribution in [3.8, 4) is 5.75 Å². The number of anilines is 1. The molecule has 0 bridgehead atoms. The van der Waals surface area contributed by atoms with E-state index in [0.29, 0.717) is 22.9 Å². The molecule has 0 atom stereocenters. The number of para-hydroxylation sites is 2. The summed E-state index contributed by atoms with van der Waals surface area (Å²) < 4.78 is 5.65. The van der Waals surface area contributed by atoms with E-state index in [1.54, 1.807) is 18.2 Å². The standard InChI is InChI=1S/C16H17NO4S/c1-2-3-10-21-12-7-5-4-6-11(12)17-15(18)13-8-9-14(22-13)16(19)20/h4-9H,2-3,10H2,1H3,(H,17,18)(H,19,20). The Bertz CT molecular complexity index is 666. The highest BCUT2D eigenvalue weighted by molar-refractivity contribution is 7.15. The third kappa shape index (κ3) is 4.08. The van der Waals surface area contributed by atoms with Gasteiger partial charge >= 0.3 is 5.97 Å². The van der Waals surface area contributed by atoms with E-state index < -0.39 is 5.97 Å². The topological polar surface area (TPSA) is 75.6 Å². The van der Waals surface area contributed by atoms with E-state index in [4.69, 9.17) is 9.84 Å². The number of carboxylic acid groups (broad SMARTS) is 1. The van der Waals surface area contributed by atoms with Crippen molar-refractivity contribution in [1.29, 1.82) is 0 Å². The van der Waals surface area contributed by atoms with Crippen LogP contribution in [0.25, 0.3) is 0 Å². The van der Waals surface area contributed by atoms with Crippen molar-refractivity contribution in [1.82, 2.24) is 0 Å². The van der Waals surface area contributed by atoms with Gasteiger partial charge < -0.3 is 15.2 Å². The van der Waals surface area contributed by atoms with Crippen molar-refractivity contribution in [3.05, 3.63) is 46.2 Å². The molecule has 2 aromatic rings. The van der Waals surface area contributed by atoms with E-state index in [1.165, 1.54) is 12.1 Å². The molecule has 1 amide bonds. The fourth-order valence-electron chi connectivity index (χ4n) is 1.78. The second-order valence-corrected chi connectivity index (χ2v) is 5.71. The van der Waals surface area contributed by atoms with Crippen molar-refractivity contribution in [2.24, 2.45) is 0 Å². The van der Waals surface area contributed by atoms with Gasteiger partial charge in [-0.2, -0.15) is 0 Å². The molecule has 0 unspecified atom stereocenters.